The van der Waals surface area contributed by atoms with E-state index < -0.39 is 23.2 Å². The van der Waals surface area contributed by atoms with Crippen LogP contribution in [0.15, 0.2) is 11.4 Å². The first kappa shape index (κ1) is 18.7. The minimum atomic E-state index is -0.931. The van der Waals surface area contributed by atoms with Crippen molar-refractivity contribution in [3.05, 3.63) is 11.8 Å². The molecule has 0 aromatic carbocycles. The normalized spacial score (nSPS) is 11.8. The van der Waals surface area contributed by atoms with Crippen molar-refractivity contribution in [2.24, 2.45) is 11.7 Å². The molecule has 0 bridgehead atoms. The molecule has 3 amide bonds. The monoisotopic (exact) mass is 341 g/mol. The van der Waals surface area contributed by atoms with Crippen LogP contribution in [0, 0.1) is 5.92 Å². The van der Waals surface area contributed by atoms with Crippen LogP contribution >= 0.6 is 11.8 Å². The van der Waals surface area contributed by atoms with Gasteiger partial charge < -0.3 is 16.2 Å². The predicted molar refractivity (Wildman–Crippen MR) is 84.6 cm³/mol. The summed E-state index contributed by atoms with van der Waals surface area (Å²) >= 11 is 1.02. The maximum Gasteiger partial charge on any atom is 0.343 e. The number of anilines is 1. The molecule has 1 atom stereocenters. The van der Waals surface area contributed by atoms with Gasteiger partial charge in [-0.15, -0.1) is 0 Å². The zero-order valence-electron chi connectivity index (χ0n) is 13.0. The van der Waals surface area contributed by atoms with E-state index in [0.29, 0.717) is 0 Å². The number of nitrogens with zero attached hydrogens (tertiary/aromatic N) is 2. The number of carbonyl (C=O) groups excluding carboxylic acids is 3. The van der Waals surface area contributed by atoms with Gasteiger partial charge in [-0.3, -0.25) is 10.1 Å². The maximum absolute atomic E-state index is 12.0. The molecule has 126 valence electrons. The van der Waals surface area contributed by atoms with E-state index in [9.17, 15) is 14.4 Å². The van der Waals surface area contributed by atoms with Crippen molar-refractivity contribution >= 4 is 35.5 Å². The van der Waals surface area contributed by atoms with Gasteiger partial charge in [0.1, 0.15) is 11.4 Å². The number of primary amides is 1. The fourth-order valence-electron chi connectivity index (χ4n) is 1.60. The van der Waals surface area contributed by atoms with Crippen LogP contribution in [-0.2, 0) is 9.53 Å². The van der Waals surface area contributed by atoms with Crippen LogP contribution in [-0.4, -0.2) is 39.7 Å². The van der Waals surface area contributed by atoms with Gasteiger partial charge in [-0.05, 0) is 12.8 Å². The van der Waals surface area contributed by atoms with Crippen molar-refractivity contribution in [1.29, 1.82) is 0 Å². The summed E-state index contributed by atoms with van der Waals surface area (Å²) in [5.41, 5.74) is 10.7. The highest BCUT2D eigenvalue weighted by atomic mass is 32.2. The Bertz CT molecular complexity index is 608. The molecule has 0 saturated heterocycles. The number of nitrogens with one attached hydrogen (secondary N) is 1. The summed E-state index contributed by atoms with van der Waals surface area (Å²) in [4.78, 5) is 42.4. The van der Waals surface area contributed by atoms with E-state index in [-0.39, 0.29) is 29.1 Å². The van der Waals surface area contributed by atoms with Crippen LogP contribution in [0.3, 0.4) is 0 Å². The lowest BCUT2D eigenvalue weighted by Crippen LogP contribution is -2.42. The highest BCUT2D eigenvalue weighted by Gasteiger charge is 2.26. The van der Waals surface area contributed by atoms with Crippen LogP contribution in [0.1, 0.15) is 31.1 Å². The number of nitrogens with two attached hydrogens (primary N) is 2. The van der Waals surface area contributed by atoms with Crippen molar-refractivity contribution < 1.29 is 19.1 Å². The Morgan fingerprint density at radius 1 is 1.39 bits per heavy atom. The second-order valence-corrected chi connectivity index (χ2v) is 5.92. The van der Waals surface area contributed by atoms with Gasteiger partial charge in [-0.1, -0.05) is 25.6 Å². The summed E-state index contributed by atoms with van der Waals surface area (Å²) in [5.74, 6) is -1.32. The molecule has 9 nitrogen and oxygen atoms in total. The third-order valence-electron chi connectivity index (χ3n) is 2.63. The summed E-state index contributed by atoms with van der Waals surface area (Å²) < 4.78 is 4.83. The molecular weight excluding hydrogens is 322 g/mol. The largest absolute Gasteiger partial charge is 0.462 e. The molecule has 5 N–H and O–H groups in total. The molecule has 1 aromatic heterocycles. The lowest BCUT2D eigenvalue weighted by atomic mass is 10.1. The quantitative estimate of drug-likeness (QED) is 0.385. The number of hydrogen-bond acceptors (Lipinski definition) is 8. The maximum atomic E-state index is 12.0. The zero-order valence-corrected chi connectivity index (χ0v) is 13.8. The number of amides is 3. The molecule has 0 radical (unpaired) electrons. The lowest BCUT2D eigenvalue weighted by molar-refractivity contribution is -0.120. The van der Waals surface area contributed by atoms with Crippen LogP contribution in [0.5, 0.6) is 0 Å². The van der Waals surface area contributed by atoms with E-state index in [1.165, 1.54) is 6.20 Å². The van der Waals surface area contributed by atoms with Crippen LogP contribution in [0.2, 0.25) is 0 Å². The number of imide groups is 1. The van der Waals surface area contributed by atoms with E-state index in [0.717, 1.165) is 11.8 Å². The second-order valence-electron chi connectivity index (χ2n) is 4.81. The van der Waals surface area contributed by atoms with Gasteiger partial charge in [0, 0.05) is 6.20 Å². The summed E-state index contributed by atoms with van der Waals surface area (Å²) in [6.07, 6.45) is 1.24. The van der Waals surface area contributed by atoms with Crippen LogP contribution in [0.25, 0.3) is 0 Å². The molecule has 10 heteroatoms. The Hall–Kier alpha value is -2.36. The number of rotatable bonds is 6. The molecule has 23 heavy (non-hydrogen) atoms. The third-order valence-corrected chi connectivity index (χ3v) is 4.05. The van der Waals surface area contributed by atoms with Gasteiger partial charge in [-0.25, -0.2) is 19.6 Å². The number of hydrogen-bond donors (Lipinski definition) is 3. The van der Waals surface area contributed by atoms with E-state index >= 15 is 0 Å². The average molecular weight is 341 g/mol. The fraction of sp³-hybridized carbons (Fsp3) is 0.462. The SMILES string of the molecule is CCOC(=O)c1cnc(SC(C(=O)NC(N)=O)C(C)C)nc1N. The minimum Gasteiger partial charge on any atom is -0.462 e. The molecule has 1 aromatic rings. The van der Waals surface area contributed by atoms with E-state index in [4.69, 9.17) is 16.2 Å². The summed E-state index contributed by atoms with van der Waals surface area (Å²) in [6.45, 7) is 5.48. The smallest absolute Gasteiger partial charge is 0.343 e. The van der Waals surface area contributed by atoms with Crippen molar-refractivity contribution in [3.63, 3.8) is 0 Å². The standard InChI is InChI=1S/C13H19N5O4S/c1-4-22-11(20)7-5-16-13(17-9(7)14)23-8(6(2)3)10(19)18-12(15)21/h5-6,8H,4H2,1-3H3,(H2,14,16,17)(H3,15,18,19,21). The van der Waals surface area contributed by atoms with Crippen LogP contribution in [0.4, 0.5) is 10.6 Å². The number of carbonyl (C=O) groups is 3. The van der Waals surface area contributed by atoms with Crippen molar-refractivity contribution in [3.8, 4) is 0 Å². The molecule has 0 spiro atoms. The molecule has 0 aliphatic rings. The van der Waals surface area contributed by atoms with Crippen molar-refractivity contribution in [2.45, 2.75) is 31.2 Å². The highest BCUT2D eigenvalue weighted by molar-refractivity contribution is 8.00. The van der Waals surface area contributed by atoms with Gasteiger partial charge in [0.05, 0.1) is 11.9 Å². The zero-order chi connectivity index (χ0) is 17.6. The van der Waals surface area contributed by atoms with Gasteiger partial charge in [-0.2, -0.15) is 0 Å². The Balaban J connectivity index is 2.93. The first-order valence-electron chi connectivity index (χ1n) is 6.82. The molecule has 0 fully saturated rings. The van der Waals surface area contributed by atoms with Crippen LogP contribution < -0.4 is 16.8 Å². The Morgan fingerprint density at radius 3 is 2.52 bits per heavy atom. The van der Waals surface area contributed by atoms with E-state index in [1.807, 2.05) is 5.32 Å². The average Bonchev–Trinajstić information content (AvgIpc) is 2.43. The molecule has 0 saturated carbocycles. The first-order valence-corrected chi connectivity index (χ1v) is 7.70. The van der Waals surface area contributed by atoms with Gasteiger partial charge >= 0.3 is 12.0 Å². The number of nitrogen functional groups attached to an aromatic ring is 1. The topological polar surface area (TPSA) is 150 Å². The van der Waals surface area contributed by atoms with Gasteiger partial charge in [0.15, 0.2) is 5.16 Å². The lowest BCUT2D eigenvalue weighted by Gasteiger charge is -2.18. The van der Waals surface area contributed by atoms with Gasteiger partial charge in [0.2, 0.25) is 5.91 Å². The first-order chi connectivity index (χ1) is 10.8. The number of esters is 1. The number of aromatic nitrogens is 2. The Morgan fingerprint density at radius 2 is 2.04 bits per heavy atom. The van der Waals surface area contributed by atoms with E-state index in [1.54, 1.807) is 20.8 Å². The van der Waals surface area contributed by atoms with Crippen molar-refractivity contribution in [2.75, 3.05) is 12.3 Å². The molecule has 0 aliphatic heterocycles. The fourth-order valence-corrected chi connectivity index (χ4v) is 2.53. The molecular formula is C13H19N5O4S. The minimum absolute atomic E-state index is 0.0428. The molecule has 1 rings (SSSR count). The molecule has 0 aliphatic carbocycles. The van der Waals surface area contributed by atoms with E-state index in [2.05, 4.69) is 9.97 Å². The third kappa shape index (κ3) is 5.40. The number of ether oxygens (including phenoxy) is 1. The summed E-state index contributed by atoms with van der Waals surface area (Å²) in [6, 6.07) is -0.931. The van der Waals surface area contributed by atoms with Crippen molar-refractivity contribution in [1.82, 2.24) is 15.3 Å². The Kier molecular flexibility index (Phi) is 6.76. The molecule has 1 unspecified atom stereocenters. The predicted octanol–water partition coefficient (Wildman–Crippen LogP) is 0.547. The number of urea groups is 1. The summed E-state index contributed by atoms with van der Waals surface area (Å²) in [5, 5.41) is 1.58. The summed E-state index contributed by atoms with van der Waals surface area (Å²) in [7, 11) is 0. The second kappa shape index (κ2) is 8.32. The highest BCUT2D eigenvalue weighted by Crippen LogP contribution is 2.26. The molecule has 1 heterocycles. The van der Waals surface area contributed by atoms with Gasteiger partial charge in [0.25, 0.3) is 0 Å². The Labute approximate surface area is 137 Å². The number of thioether (sulfide) groups is 1.